The molecule has 0 saturated heterocycles. The number of aromatic nitrogens is 2. The van der Waals surface area contributed by atoms with Crippen LogP contribution in [0.2, 0.25) is 0 Å². The van der Waals surface area contributed by atoms with Crippen LogP contribution in [0.1, 0.15) is 43.9 Å². The van der Waals surface area contributed by atoms with Crippen LogP contribution in [0.15, 0.2) is 12.4 Å². The van der Waals surface area contributed by atoms with Gasteiger partial charge in [0, 0.05) is 12.4 Å². The van der Waals surface area contributed by atoms with Gasteiger partial charge in [-0.15, -0.1) is 0 Å². The van der Waals surface area contributed by atoms with Gasteiger partial charge < -0.3 is 14.9 Å². The second-order valence-corrected chi connectivity index (χ2v) is 4.52. The third kappa shape index (κ3) is 2.40. The number of rotatable bonds is 3. The van der Waals surface area contributed by atoms with E-state index >= 15 is 0 Å². The Balaban J connectivity index is 2.26. The maximum absolute atomic E-state index is 10.4. The van der Waals surface area contributed by atoms with Gasteiger partial charge in [0.2, 0.25) is 5.88 Å². The van der Waals surface area contributed by atoms with Gasteiger partial charge in [-0.3, -0.25) is 4.98 Å². The van der Waals surface area contributed by atoms with Gasteiger partial charge in [-0.05, 0) is 12.8 Å². The van der Waals surface area contributed by atoms with Gasteiger partial charge in [-0.1, -0.05) is 19.3 Å². The van der Waals surface area contributed by atoms with Crippen LogP contribution in [0.25, 0.3) is 0 Å². The maximum Gasteiger partial charge on any atom is 0.238 e. The Morgan fingerprint density at radius 2 is 1.88 bits per heavy atom. The van der Waals surface area contributed by atoms with Crippen LogP contribution < -0.4 is 4.74 Å². The van der Waals surface area contributed by atoms with E-state index in [1.165, 1.54) is 19.5 Å². The molecule has 1 aromatic heterocycles. The molecule has 1 aliphatic rings. The molecule has 0 aliphatic heterocycles. The van der Waals surface area contributed by atoms with Crippen molar-refractivity contribution in [1.82, 2.24) is 9.97 Å². The van der Waals surface area contributed by atoms with Crippen molar-refractivity contribution in [3.05, 3.63) is 18.1 Å². The molecule has 1 saturated carbocycles. The van der Waals surface area contributed by atoms with Crippen molar-refractivity contribution in [2.45, 2.75) is 43.8 Å². The summed E-state index contributed by atoms with van der Waals surface area (Å²) in [5, 5.41) is 20.7. The molecule has 1 heterocycles. The van der Waals surface area contributed by atoms with Crippen LogP contribution in [0.4, 0.5) is 0 Å². The van der Waals surface area contributed by atoms with Gasteiger partial charge in [0.25, 0.3) is 0 Å². The Morgan fingerprint density at radius 1 is 1.24 bits per heavy atom. The summed E-state index contributed by atoms with van der Waals surface area (Å²) >= 11 is 0. The van der Waals surface area contributed by atoms with Crippen molar-refractivity contribution in [2.75, 3.05) is 7.11 Å². The van der Waals surface area contributed by atoms with Gasteiger partial charge in [0.05, 0.1) is 12.7 Å². The Kier molecular flexibility index (Phi) is 3.59. The van der Waals surface area contributed by atoms with Gasteiger partial charge in [-0.25, -0.2) is 4.98 Å². The summed E-state index contributed by atoms with van der Waals surface area (Å²) in [7, 11) is 1.48. The van der Waals surface area contributed by atoms with E-state index < -0.39 is 11.7 Å². The lowest BCUT2D eigenvalue weighted by Crippen LogP contribution is -2.39. The highest BCUT2D eigenvalue weighted by atomic mass is 16.5. The van der Waals surface area contributed by atoms with Crippen LogP contribution in [-0.4, -0.2) is 32.9 Å². The molecule has 17 heavy (non-hydrogen) atoms. The van der Waals surface area contributed by atoms with E-state index in [9.17, 15) is 10.2 Å². The van der Waals surface area contributed by atoms with Crippen LogP contribution in [0.5, 0.6) is 5.88 Å². The third-order valence-corrected chi connectivity index (χ3v) is 3.37. The minimum absolute atomic E-state index is 0.277. The number of methoxy groups -OCH3 is 1. The van der Waals surface area contributed by atoms with Gasteiger partial charge >= 0.3 is 0 Å². The van der Waals surface area contributed by atoms with Gasteiger partial charge in [0.1, 0.15) is 11.8 Å². The highest BCUT2D eigenvalue weighted by Crippen LogP contribution is 2.39. The summed E-state index contributed by atoms with van der Waals surface area (Å²) in [6.45, 7) is 0. The van der Waals surface area contributed by atoms with E-state index in [0.717, 1.165) is 19.3 Å². The highest BCUT2D eigenvalue weighted by Gasteiger charge is 2.40. The largest absolute Gasteiger partial charge is 0.480 e. The zero-order chi connectivity index (χ0) is 12.3. The van der Waals surface area contributed by atoms with Gasteiger partial charge in [0.15, 0.2) is 0 Å². The smallest absolute Gasteiger partial charge is 0.238 e. The molecule has 1 aromatic rings. The zero-order valence-electron chi connectivity index (χ0n) is 9.96. The fourth-order valence-corrected chi connectivity index (χ4v) is 2.37. The molecule has 0 aromatic carbocycles. The summed E-state index contributed by atoms with van der Waals surface area (Å²) in [6.07, 6.45) is 6.10. The summed E-state index contributed by atoms with van der Waals surface area (Å²) in [5.74, 6) is 0.277. The molecule has 2 rings (SSSR count). The molecular weight excluding hydrogens is 220 g/mol. The molecule has 1 unspecified atom stereocenters. The fourth-order valence-electron chi connectivity index (χ4n) is 2.37. The summed E-state index contributed by atoms with van der Waals surface area (Å²) in [6, 6.07) is 0. The summed E-state index contributed by atoms with van der Waals surface area (Å²) in [5.41, 5.74) is -0.777. The molecule has 5 heteroatoms. The van der Waals surface area contributed by atoms with E-state index in [1.54, 1.807) is 0 Å². The monoisotopic (exact) mass is 238 g/mol. The zero-order valence-corrected chi connectivity index (χ0v) is 9.96. The number of aliphatic hydroxyl groups is 2. The standard InChI is InChI=1S/C12H18N2O3/c1-17-11-9(13-7-8-14-11)10(15)12(16)5-3-2-4-6-12/h7-8,10,15-16H,2-6H2,1H3. The normalized spacial score (nSPS) is 20.9. The molecule has 1 atom stereocenters. The Hall–Kier alpha value is -1.20. The lowest BCUT2D eigenvalue weighted by atomic mass is 9.79. The van der Waals surface area contributed by atoms with Crippen LogP contribution in [0.3, 0.4) is 0 Å². The average Bonchev–Trinajstić information content (AvgIpc) is 2.38. The molecular formula is C12H18N2O3. The van der Waals surface area contributed by atoms with Gasteiger partial charge in [-0.2, -0.15) is 0 Å². The maximum atomic E-state index is 10.4. The molecule has 1 aliphatic carbocycles. The molecule has 0 radical (unpaired) electrons. The predicted octanol–water partition coefficient (Wildman–Crippen LogP) is 1.21. The van der Waals surface area contributed by atoms with Crippen LogP contribution >= 0.6 is 0 Å². The van der Waals surface area contributed by atoms with Crippen LogP contribution in [0, 0.1) is 0 Å². The Morgan fingerprint density at radius 3 is 2.53 bits per heavy atom. The van der Waals surface area contributed by atoms with Crippen LogP contribution in [-0.2, 0) is 0 Å². The number of nitrogens with zero attached hydrogens (tertiary/aromatic N) is 2. The highest BCUT2D eigenvalue weighted by molar-refractivity contribution is 5.22. The number of hydrogen-bond donors (Lipinski definition) is 2. The van der Waals surface area contributed by atoms with Crippen molar-refractivity contribution in [2.24, 2.45) is 0 Å². The molecule has 0 amide bonds. The average molecular weight is 238 g/mol. The van der Waals surface area contributed by atoms with Crippen molar-refractivity contribution in [1.29, 1.82) is 0 Å². The van der Waals surface area contributed by atoms with E-state index in [4.69, 9.17) is 4.74 Å². The molecule has 94 valence electrons. The molecule has 2 N–H and O–H groups in total. The minimum Gasteiger partial charge on any atom is -0.480 e. The van der Waals surface area contributed by atoms with E-state index in [1.807, 2.05) is 0 Å². The molecule has 1 fully saturated rings. The Bertz CT molecular complexity index is 378. The van der Waals surface area contributed by atoms with Crippen molar-refractivity contribution < 1.29 is 14.9 Å². The molecule has 0 spiro atoms. The minimum atomic E-state index is -1.10. The molecule has 5 nitrogen and oxygen atoms in total. The SMILES string of the molecule is COc1nccnc1C(O)C1(O)CCCCC1. The van der Waals surface area contributed by atoms with E-state index in [-0.39, 0.29) is 5.88 Å². The lowest BCUT2D eigenvalue weighted by Gasteiger charge is -2.36. The predicted molar refractivity (Wildman–Crippen MR) is 61.6 cm³/mol. The van der Waals surface area contributed by atoms with E-state index in [2.05, 4.69) is 9.97 Å². The summed E-state index contributed by atoms with van der Waals surface area (Å²) in [4.78, 5) is 8.06. The molecule has 0 bridgehead atoms. The first-order chi connectivity index (χ1) is 8.17. The summed E-state index contributed by atoms with van der Waals surface area (Å²) < 4.78 is 5.06. The first-order valence-corrected chi connectivity index (χ1v) is 5.93. The number of ether oxygens (including phenoxy) is 1. The van der Waals surface area contributed by atoms with Crippen molar-refractivity contribution in [3.8, 4) is 5.88 Å². The lowest BCUT2D eigenvalue weighted by molar-refractivity contribution is -0.102. The second-order valence-electron chi connectivity index (χ2n) is 4.52. The second kappa shape index (κ2) is 4.98. The quantitative estimate of drug-likeness (QED) is 0.828. The Labute approximate surface area is 100 Å². The first kappa shape index (κ1) is 12.3. The van der Waals surface area contributed by atoms with Crippen molar-refractivity contribution in [3.63, 3.8) is 0 Å². The third-order valence-electron chi connectivity index (χ3n) is 3.37. The van der Waals surface area contributed by atoms with E-state index in [0.29, 0.717) is 18.5 Å². The topological polar surface area (TPSA) is 75.5 Å². The number of hydrogen-bond acceptors (Lipinski definition) is 5. The first-order valence-electron chi connectivity index (χ1n) is 5.93. The fraction of sp³-hybridized carbons (Fsp3) is 0.667. The van der Waals surface area contributed by atoms with Crippen molar-refractivity contribution >= 4 is 0 Å². The number of aliphatic hydroxyl groups excluding tert-OH is 1.